The van der Waals surface area contributed by atoms with E-state index in [9.17, 15) is 5.26 Å². The third kappa shape index (κ3) is 3.38. The molecule has 0 bridgehead atoms. The molecule has 1 aromatic heterocycles. The molecule has 2 aromatic carbocycles. The van der Waals surface area contributed by atoms with E-state index >= 15 is 0 Å². The molecule has 0 fully saturated rings. The van der Waals surface area contributed by atoms with Gasteiger partial charge in [-0.15, -0.1) is 0 Å². The maximum atomic E-state index is 9.55. The van der Waals surface area contributed by atoms with Gasteiger partial charge in [0.1, 0.15) is 6.61 Å². The van der Waals surface area contributed by atoms with Crippen LogP contribution >= 0.6 is 23.2 Å². The van der Waals surface area contributed by atoms with Gasteiger partial charge in [0.25, 0.3) is 6.01 Å². The summed E-state index contributed by atoms with van der Waals surface area (Å²) < 4.78 is 7.44. The second-order valence-corrected chi connectivity index (χ2v) is 5.86. The maximum absolute atomic E-state index is 9.55. The van der Waals surface area contributed by atoms with Crippen LogP contribution in [0.5, 0.6) is 6.01 Å². The first kappa shape index (κ1) is 16.4. The first-order valence-electron chi connectivity index (χ1n) is 7.24. The summed E-state index contributed by atoms with van der Waals surface area (Å²) in [6.45, 7) is 0.169. The van der Waals surface area contributed by atoms with E-state index < -0.39 is 6.04 Å². The minimum Gasteiger partial charge on any atom is -0.460 e. The number of ether oxygens (including phenoxy) is 1. The Hall–Kier alpha value is -2.48. The molecular formula is C18H13Cl2N3O. The summed E-state index contributed by atoms with van der Waals surface area (Å²) in [7, 11) is 0. The molecule has 0 amide bonds. The van der Waals surface area contributed by atoms with Crippen LogP contribution < -0.4 is 4.74 Å². The van der Waals surface area contributed by atoms with E-state index in [1.165, 1.54) is 0 Å². The third-order valence-electron chi connectivity index (χ3n) is 3.56. The van der Waals surface area contributed by atoms with Gasteiger partial charge in [0.05, 0.1) is 6.07 Å². The smallest absolute Gasteiger partial charge is 0.298 e. The Morgan fingerprint density at radius 1 is 1.08 bits per heavy atom. The van der Waals surface area contributed by atoms with Crippen molar-refractivity contribution in [3.63, 3.8) is 0 Å². The molecule has 0 aliphatic carbocycles. The molecule has 1 atom stereocenters. The van der Waals surface area contributed by atoms with E-state index in [0.29, 0.717) is 21.6 Å². The first-order chi connectivity index (χ1) is 11.7. The quantitative estimate of drug-likeness (QED) is 0.653. The fourth-order valence-corrected chi connectivity index (χ4v) is 2.85. The fraction of sp³-hybridized carbons (Fsp3) is 0.111. The monoisotopic (exact) mass is 357 g/mol. The lowest BCUT2D eigenvalue weighted by atomic mass is 10.1. The predicted octanol–water partition coefficient (Wildman–Crippen LogP) is 4.88. The molecule has 0 saturated carbocycles. The third-order valence-corrected chi connectivity index (χ3v) is 4.26. The van der Waals surface area contributed by atoms with Crippen molar-refractivity contribution in [2.45, 2.75) is 12.6 Å². The number of hydrogen-bond acceptors (Lipinski definition) is 3. The SMILES string of the molecule is N#CC(c1ccccc1)n1ccnc1OCc1c(Cl)cccc1Cl. The first-order valence-corrected chi connectivity index (χ1v) is 7.99. The van der Waals surface area contributed by atoms with Crippen molar-refractivity contribution < 1.29 is 4.74 Å². The molecule has 1 heterocycles. The molecule has 24 heavy (non-hydrogen) atoms. The summed E-state index contributed by atoms with van der Waals surface area (Å²) in [5.41, 5.74) is 1.54. The van der Waals surface area contributed by atoms with Gasteiger partial charge in [-0.05, 0) is 17.7 Å². The normalized spacial score (nSPS) is 11.7. The molecule has 0 spiro atoms. The van der Waals surface area contributed by atoms with E-state index in [2.05, 4.69) is 11.1 Å². The zero-order valence-electron chi connectivity index (χ0n) is 12.6. The fourth-order valence-electron chi connectivity index (χ4n) is 2.35. The number of aromatic nitrogens is 2. The highest BCUT2D eigenvalue weighted by atomic mass is 35.5. The lowest BCUT2D eigenvalue weighted by Crippen LogP contribution is -2.11. The highest BCUT2D eigenvalue weighted by Crippen LogP contribution is 2.27. The Bertz CT molecular complexity index is 851. The molecule has 0 aliphatic heterocycles. The van der Waals surface area contributed by atoms with Crippen LogP contribution in [0, 0.1) is 11.3 Å². The van der Waals surface area contributed by atoms with Crippen molar-refractivity contribution in [1.82, 2.24) is 9.55 Å². The van der Waals surface area contributed by atoms with Gasteiger partial charge < -0.3 is 4.74 Å². The summed E-state index contributed by atoms with van der Waals surface area (Å²) in [4.78, 5) is 4.19. The second-order valence-electron chi connectivity index (χ2n) is 5.05. The number of benzene rings is 2. The van der Waals surface area contributed by atoms with Gasteiger partial charge in [0.15, 0.2) is 6.04 Å². The standard InChI is InChI=1S/C18H13Cl2N3O/c19-15-7-4-8-16(20)14(15)12-24-18-22-9-10-23(18)17(11-21)13-5-2-1-3-6-13/h1-10,17H,12H2. The highest BCUT2D eigenvalue weighted by Gasteiger charge is 2.17. The predicted molar refractivity (Wildman–Crippen MR) is 93.2 cm³/mol. The zero-order chi connectivity index (χ0) is 16.9. The summed E-state index contributed by atoms with van der Waals surface area (Å²) >= 11 is 12.3. The van der Waals surface area contributed by atoms with Crippen LogP contribution in [0.15, 0.2) is 60.9 Å². The van der Waals surface area contributed by atoms with Crippen LogP contribution in [0.25, 0.3) is 0 Å². The molecular weight excluding hydrogens is 345 g/mol. The molecule has 3 rings (SSSR count). The van der Waals surface area contributed by atoms with Gasteiger partial charge in [0, 0.05) is 28.0 Å². The van der Waals surface area contributed by atoms with E-state index in [1.54, 1.807) is 35.2 Å². The molecule has 0 saturated heterocycles. The average Bonchev–Trinajstić information content (AvgIpc) is 3.04. The van der Waals surface area contributed by atoms with Gasteiger partial charge in [-0.3, -0.25) is 4.57 Å². The molecule has 3 aromatic rings. The van der Waals surface area contributed by atoms with Crippen molar-refractivity contribution in [3.05, 3.63) is 82.1 Å². The summed E-state index contributed by atoms with van der Waals surface area (Å²) in [5, 5.41) is 10.6. The van der Waals surface area contributed by atoms with Gasteiger partial charge in [-0.1, -0.05) is 59.6 Å². The molecule has 0 radical (unpaired) electrons. The topological polar surface area (TPSA) is 50.8 Å². The Labute approximate surface area is 149 Å². The molecule has 6 heteroatoms. The van der Waals surface area contributed by atoms with Crippen LogP contribution in [0.2, 0.25) is 10.0 Å². The minimum atomic E-state index is -0.523. The number of imidazole rings is 1. The van der Waals surface area contributed by atoms with E-state index in [0.717, 1.165) is 5.56 Å². The van der Waals surface area contributed by atoms with Crippen LogP contribution in [-0.4, -0.2) is 9.55 Å². The Balaban J connectivity index is 1.84. The Kier molecular flexibility index (Phi) is 5.05. The van der Waals surface area contributed by atoms with Crippen LogP contribution in [-0.2, 0) is 6.61 Å². The maximum Gasteiger partial charge on any atom is 0.298 e. The van der Waals surface area contributed by atoms with Crippen LogP contribution in [0.4, 0.5) is 0 Å². The highest BCUT2D eigenvalue weighted by molar-refractivity contribution is 6.35. The molecule has 120 valence electrons. The largest absolute Gasteiger partial charge is 0.460 e. The molecule has 0 aliphatic rings. The lowest BCUT2D eigenvalue weighted by molar-refractivity contribution is 0.266. The van der Waals surface area contributed by atoms with Gasteiger partial charge in [-0.25, -0.2) is 4.98 Å². The zero-order valence-corrected chi connectivity index (χ0v) is 14.1. The number of hydrogen-bond donors (Lipinski definition) is 0. The van der Waals surface area contributed by atoms with Gasteiger partial charge in [0.2, 0.25) is 0 Å². The van der Waals surface area contributed by atoms with Crippen molar-refractivity contribution >= 4 is 23.2 Å². The summed E-state index contributed by atoms with van der Waals surface area (Å²) in [6.07, 6.45) is 3.31. The Morgan fingerprint density at radius 3 is 2.46 bits per heavy atom. The summed E-state index contributed by atoms with van der Waals surface area (Å²) in [5.74, 6) is 0. The Morgan fingerprint density at radius 2 is 1.79 bits per heavy atom. The number of halogens is 2. The van der Waals surface area contributed by atoms with Gasteiger partial charge >= 0.3 is 0 Å². The van der Waals surface area contributed by atoms with Crippen molar-refractivity contribution in [2.24, 2.45) is 0 Å². The molecule has 1 unspecified atom stereocenters. The summed E-state index contributed by atoms with van der Waals surface area (Å²) in [6, 6.07) is 16.8. The van der Waals surface area contributed by atoms with E-state index in [-0.39, 0.29) is 6.61 Å². The number of nitriles is 1. The number of rotatable bonds is 5. The van der Waals surface area contributed by atoms with Crippen molar-refractivity contribution in [2.75, 3.05) is 0 Å². The second kappa shape index (κ2) is 7.39. The van der Waals surface area contributed by atoms with Crippen molar-refractivity contribution in [3.8, 4) is 12.1 Å². The van der Waals surface area contributed by atoms with E-state index in [4.69, 9.17) is 27.9 Å². The van der Waals surface area contributed by atoms with Crippen molar-refractivity contribution in [1.29, 1.82) is 5.26 Å². The molecule has 0 N–H and O–H groups in total. The minimum absolute atomic E-state index is 0.169. The number of nitrogens with zero attached hydrogens (tertiary/aromatic N) is 3. The van der Waals surface area contributed by atoms with E-state index in [1.807, 2.05) is 30.3 Å². The van der Waals surface area contributed by atoms with Gasteiger partial charge in [-0.2, -0.15) is 5.26 Å². The molecule has 4 nitrogen and oxygen atoms in total. The van der Waals surface area contributed by atoms with Crippen LogP contribution in [0.3, 0.4) is 0 Å². The lowest BCUT2D eigenvalue weighted by Gasteiger charge is -2.15. The van der Waals surface area contributed by atoms with Crippen LogP contribution in [0.1, 0.15) is 17.2 Å². The average molecular weight is 358 g/mol.